The van der Waals surface area contributed by atoms with Crippen molar-refractivity contribution in [2.75, 3.05) is 0 Å². The van der Waals surface area contributed by atoms with Crippen molar-refractivity contribution in [2.45, 2.75) is 13.0 Å². The Morgan fingerprint density at radius 2 is 1.33 bits per heavy atom. The Kier molecular flexibility index (Phi) is 3.85. The second kappa shape index (κ2) is 6.26. The third-order valence-corrected chi connectivity index (χ3v) is 5.74. The second-order valence-corrected chi connectivity index (χ2v) is 7.66. The Bertz CT molecular complexity index is 1240. The van der Waals surface area contributed by atoms with Gasteiger partial charge >= 0.3 is 0 Å². The van der Waals surface area contributed by atoms with Crippen LogP contribution in [0.15, 0.2) is 71.5 Å². The maximum Gasteiger partial charge on any atom is 0.259 e. The van der Waals surface area contributed by atoms with E-state index >= 15 is 0 Å². The van der Waals surface area contributed by atoms with Gasteiger partial charge in [-0.1, -0.05) is 65.7 Å². The lowest BCUT2D eigenvalue weighted by molar-refractivity contribution is 0.743. The maximum absolute atomic E-state index is 13.5. The zero-order chi connectivity index (χ0) is 18.5. The van der Waals surface area contributed by atoms with Crippen LogP contribution in [0.5, 0.6) is 0 Å². The molecule has 1 aliphatic heterocycles. The fourth-order valence-corrected chi connectivity index (χ4v) is 4.29. The predicted octanol–water partition coefficient (Wildman–Crippen LogP) is 6.20. The molecule has 0 N–H and O–H groups in total. The topological polar surface area (TPSA) is 22.0 Å². The number of rotatable bonds is 2. The first-order chi connectivity index (χ1) is 13.1. The van der Waals surface area contributed by atoms with Gasteiger partial charge in [0.1, 0.15) is 0 Å². The second-order valence-electron chi connectivity index (χ2n) is 6.78. The van der Waals surface area contributed by atoms with E-state index < -0.39 is 0 Å². The summed E-state index contributed by atoms with van der Waals surface area (Å²) in [5, 5.41) is 2.42. The standard InChI is InChI=1S/C23H15Cl2NO/c24-17-8-4-14(5-9-17)20-19-3-1-2-16-12-13-26(22(16)19)23(27)21(20)15-6-10-18(25)11-7-15/h1-11H,12-13H2. The van der Waals surface area contributed by atoms with Gasteiger partial charge in [-0.05, 0) is 47.4 Å². The lowest BCUT2D eigenvalue weighted by atomic mass is 9.91. The Morgan fingerprint density at radius 1 is 0.741 bits per heavy atom. The number of hydrogen-bond acceptors (Lipinski definition) is 1. The summed E-state index contributed by atoms with van der Waals surface area (Å²) >= 11 is 12.2. The number of para-hydroxylation sites is 1. The number of nitrogens with zero attached hydrogens (tertiary/aromatic N) is 1. The summed E-state index contributed by atoms with van der Waals surface area (Å²) in [4.78, 5) is 13.5. The zero-order valence-corrected chi connectivity index (χ0v) is 15.9. The SMILES string of the molecule is O=c1c(-c2ccc(Cl)cc2)c(-c2ccc(Cl)cc2)c2cccc3c2n1CC3. The number of pyridine rings is 1. The number of benzene rings is 3. The van der Waals surface area contributed by atoms with Gasteiger partial charge in [0.05, 0.1) is 11.1 Å². The monoisotopic (exact) mass is 391 g/mol. The number of aryl methyl sites for hydroxylation is 2. The van der Waals surface area contributed by atoms with E-state index in [9.17, 15) is 4.79 Å². The fraction of sp³-hybridized carbons (Fsp3) is 0.0870. The third kappa shape index (κ3) is 2.60. The van der Waals surface area contributed by atoms with Crippen LogP contribution in [0.2, 0.25) is 10.0 Å². The first-order valence-corrected chi connectivity index (χ1v) is 9.59. The predicted molar refractivity (Wildman–Crippen MR) is 113 cm³/mol. The van der Waals surface area contributed by atoms with Gasteiger partial charge in [-0.15, -0.1) is 0 Å². The molecule has 2 nitrogen and oxygen atoms in total. The Hall–Kier alpha value is -2.55. The van der Waals surface area contributed by atoms with Crippen molar-refractivity contribution in [3.05, 3.63) is 92.7 Å². The highest BCUT2D eigenvalue weighted by Gasteiger charge is 2.24. The maximum atomic E-state index is 13.5. The molecule has 0 radical (unpaired) electrons. The molecule has 5 rings (SSSR count). The van der Waals surface area contributed by atoms with Gasteiger partial charge in [0.2, 0.25) is 0 Å². The van der Waals surface area contributed by atoms with E-state index in [1.807, 2.05) is 53.1 Å². The molecule has 0 amide bonds. The Labute approximate surface area is 166 Å². The molecule has 0 saturated heterocycles. The van der Waals surface area contributed by atoms with Crippen LogP contribution in [0.1, 0.15) is 5.56 Å². The summed E-state index contributed by atoms with van der Waals surface area (Å²) in [6.07, 6.45) is 0.886. The summed E-state index contributed by atoms with van der Waals surface area (Å²) in [5.41, 5.74) is 5.83. The van der Waals surface area contributed by atoms with Gasteiger partial charge in [-0.25, -0.2) is 0 Å². The molecule has 4 aromatic rings. The molecule has 27 heavy (non-hydrogen) atoms. The largest absolute Gasteiger partial charge is 0.307 e. The van der Waals surface area contributed by atoms with E-state index in [0.717, 1.165) is 40.6 Å². The summed E-state index contributed by atoms with van der Waals surface area (Å²) < 4.78 is 1.91. The molecule has 0 bridgehead atoms. The summed E-state index contributed by atoms with van der Waals surface area (Å²) in [7, 11) is 0. The summed E-state index contributed by atoms with van der Waals surface area (Å²) in [6.45, 7) is 0.718. The van der Waals surface area contributed by atoms with Gasteiger partial charge in [0.25, 0.3) is 5.56 Å². The van der Waals surface area contributed by atoms with E-state index in [-0.39, 0.29) is 5.56 Å². The highest BCUT2D eigenvalue weighted by Crippen LogP contribution is 2.39. The van der Waals surface area contributed by atoms with E-state index in [2.05, 4.69) is 18.2 Å². The lowest BCUT2D eigenvalue weighted by Gasteiger charge is -2.16. The molecule has 4 heteroatoms. The van der Waals surface area contributed by atoms with Crippen molar-refractivity contribution < 1.29 is 0 Å². The minimum atomic E-state index is 0.0414. The van der Waals surface area contributed by atoms with Crippen LogP contribution in [0.25, 0.3) is 33.2 Å². The van der Waals surface area contributed by atoms with Gasteiger partial charge in [0.15, 0.2) is 0 Å². The Balaban J connectivity index is 1.96. The van der Waals surface area contributed by atoms with E-state index in [1.54, 1.807) is 0 Å². The molecular formula is C23H15Cl2NO. The molecular weight excluding hydrogens is 377 g/mol. The van der Waals surface area contributed by atoms with Crippen LogP contribution in [0.4, 0.5) is 0 Å². The molecule has 0 atom stereocenters. The number of aromatic nitrogens is 1. The molecule has 0 saturated carbocycles. The average Bonchev–Trinajstić information content (AvgIpc) is 3.12. The van der Waals surface area contributed by atoms with E-state index in [4.69, 9.17) is 23.2 Å². The molecule has 0 unspecified atom stereocenters. The van der Waals surface area contributed by atoms with Crippen molar-refractivity contribution in [1.29, 1.82) is 0 Å². The molecule has 1 aromatic heterocycles. The van der Waals surface area contributed by atoms with E-state index in [1.165, 1.54) is 5.56 Å². The first kappa shape index (κ1) is 16.6. The normalized spacial score (nSPS) is 12.7. The molecule has 0 spiro atoms. The van der Waals surface area contributed by atoms with Crippen LogP contribution in [0, 0.1) is 0 Å². The first-order valence-electron chi connectivity index (χ1n) is 8.84. The number of hydrogen-bond donors (Lipinski definition) is 0. The minimum Gasteiger partial charge on any atom is -0.307 e. The van der Waals surface area contributed by atoms with Crippen molar-refractivity contribution in [3.8, 4) is 22.3 Å². The van der Waals surface area contributed by atoms with Gasteiger partial charge in [-0.3, -0.25) is 4.79 Å². The zero-order valence-electron chi connectivity index (χ0n) is 14.4. The Morgan fingerprint density at radius 3 is 1.96 bits per heavy atom. The van der Waals surface area contributed by atoms with E-state index in [0.29, 0.717) is 15.6 Å². The molecule has 132 valence electrons. The van der Waals surface area contributed by atoms with Gasteiger partial charge < -0.3 is 4.57 Å². The van der Waals surface area contributed by atoms with Crippen molar-refractivity contribution in [3.63, 3.8) is 0 Å². The highest BCUT2D eigenvalue weighted by molar-refractivity contribution is 6.31. The van der Waals surface area contributed by atoms with Crippen LogP contribution >= 0.6 is 23.2 Å². The minimum absolute atomic E-state index is 0.0414. The average molecular weight is 392 g/mol. The third-order valence-electron chi connectivity index (χ3n) is 5.24. The van der Waals surface area contributed by atoms with Crippen molar-refractivity contribution in [2.24, 2.45) is 0 Å². The molecule has 0 aliphatic carbocycles. The molecule has 0 fully saturated rings. The smallest absolute Gasteiger partial charge is 0.259 e. The van der Waals surface area contributed by atoms with Crippen LogP contribution in [-0.4, -0.2) is 4.57 Å². The van der Waals surface area contributed by atoms with Crippen LogP contribution in [0.3, 0.4) is 0 Å². The molecule has 3 aromatic carbocycles. The summed E-state index contributed by atoms with van der Waals surface area (Å²) in [5.74, 6) is 0. The fourth-order valence-electron chi connectivity index (χ4n) is 4.04. The molecule has 1 aliphatic rings. The summed E-state index contributed by atoms with van der Waals surface area (Å²) in [6, 6.07) is 21.4. The molecule has 2 heterocycles. The van der Waals surface area contributed by atoms with Crippen LogP contribution < -0.4 is 5.56 Å². The highest BCUT2D eigenvalue weighted by atomic mass is 35.5. The van der Waals surface area contributed by atoms with Gasteiger partial charge in [0, 0.05) is 27.5 Å². The lowest BCUT2D eigenvalue weighted by Crippen LogP contribution is -2.21. The van der Waals surface area contributed by atoms with Crippen LogP contribution in [-0.2, 0) is 13.0 Å². The van der Waals surface area contributed by atoms with Crippen molar-refractivity contribution >= 4 is 34.1 Å². The quantitative estimate of drug-likeness (QED) is 0.398. The van der Waals surface area contributed by atoms with Gasteiger partial charge in [-0.2, -0.15) is 0 Å². The van der Waals surface area contributed by atoms with Crippen molar-refractivity contribution in [1.82, 2.24) is 4.57 Å². The number of halogens is 2.